The Kier molecular flexibility index (Phi) is 5.48. The maximum absolute atomic E-state index is 12.9. The van der Waals surface area contributed by atoms with Crippen LogP contribution >= 0.6 is 0 Å². The highest BCUT2D eigenvalue weighted by Gasteiger charge is 2.42. The van der Waals surface area contributed by atoms with Crippen molar-refractivity contribution in [2.75, 3.05) is 26.4 Å². The van der Waals surface area contributed by atoms with Crippen LogP contribution in [0.5, 0.6) is 5.75 Å². The Morgan fingerprint density at radius 3 is 2.84 bits per heavy atom. The van der Waals surface area contributed by atoms with Crippen LogP contribution in [0.1, 0.15) is 42.4 Å². The Morgan fingerprint density at radius 1 is 1.23 bits per heavy atom. The summed E-state index contributed by atoms with van der Waals surface area (Å²) < 4.78 is 17.4. The number of nitrogens with zero attached hydrogens (tertiary/aromatic N) is 1. The van der Waals surface area contributed by atoms with Crippen LogP contribution in [0.3, 0.4) is 0 Å². The zero-order chi connectivity index (χ0) is 21.5. The standard InChI is InChI=1S/C24H29NO6/c1-14-20(7-6-17-16-4-2-3-5-18(16)24(28)31-23(14)17)30-13-22(27)25-8-9-29-21-11-15(12-26)10-19(21)25/h6-7,15,19,21,26H,2-5,8-13H2,1H3/t15-,19+,21+/m1/s1. The lowest BCUT2D eigenvalue weighted by molar-refractivity contribution is -0.146. The average molecular weight is 427 g/mol. The molecule has 1 saturated heterocycles. The lowest BCUT2D eigenvalue weighted by Gasteiger charge is -2.37. The number of aliphatic hydroxyl groups is 1. The van der Waals surface area contributed by atoms with Crippen LogP contribution in [0.2, 0.25) is 0 Å². The van der Waals surface area contributed by atoms with Crippen LogP contribution in [0.25, 0.3) is 11.0 Å². The molecule has 1 aromatic heterocycles. The summed E-state index contributed by atoms with van der Waals surface area (Å²) >= 11 is 0. The number of morpholine rings is 1. The molecule has 2 fully saturated rings. The van der Waals surface area contributed by atoms with Crippen molar-refractivity contribution >= 4 is 16.9 Å². The molecule has 3 aliphatic rings. The first kappa shape index (κ1) is 20.5. The number of rotatable bonds is 4. The summed E-state index contributed by atoms with van der Waals surface area (Å²) in [6.45, 7) is 2.97. The zero-order valence-electron chi connectivity index (χ0n) is 17.9. The first-order chi connectivity index (χ1) is 15.1. The predicted molar refractivity (Wildman–Crippen MR) is 114 cm³/mol. The second-order valence-electron chi connectivity index (χ2n) is 8.99. The number of hydrogen-bond donors (Lipinski definition) is 1. The highest BCUT2D eigenvalue weighted by Crippen LogP contribution is 2.35. The van der Waals surface area contributed by atoms with Gasteiger partial charge >= 0.3 is 5.63 Å². The number of amides is 1. The van der Waals surface area contributed by atoms with E-state index in [9.17, 15) is 14.7 Å². The molecule has 1 aliphatic heterocycles. The van der Waals surface area contributed by atoms with Crippen molar-refractivity contribution in [3.05, 3.63) is 39.2 Å². The molecule has 1 saturated carbocycles. The summed E-state index contributed by atoms with van der Waals surface area (Å²) in [6.07, 6.45) is 5.32. The van der Waals surface area contributed by atoms with E-state index in [0.717, 1.165) is 60.6 Å². The third-order valence-corrected chi connectivity index (χ3v) is 7.15. The van der Waals surface area contributed by atoms with E-state index in [4.69, 9.17) is 13.9 Å². The summed E-state index contributed by atoms with van der Waals surface area (Å²) in [6, 6.07) is 3.83. The largest absolute Gasteiger partial charge is 0.483 e. The number of carbonyl (C=O) groups excluding carboxylic acids is 1. The Morgan fingerprint density at radius 2 is 2.03 bits per heavy atom. The molecule has 0 spiro atoms. The molecule has 1 aromatic carbocycles. The van der Waals surface area contributed by atoms with Gasteiger partial charge in [0.25, 0.3) is 5.91 Å². The van der Waals surface area contributed by atoms with Crippen molar-refractivity contribution in [1.29, 1.82) is 0 Å². The van der Waals surface area contributed by atoms with Gasteiger partial charge in [0.2, 0.25) is 0 Å². The van der Waals surface area contributed by atoms with E-state index in [1.807, 2.05) is 24.0 Å². The molecule has 1 amide bonds. The normalized spacial score (nSPS) is 25.4. The van der Waals surface area contributed by atoms with E-state index >= 15 is 0 Å². The quantitative estimate of drug-likeness (QED) is 0.754. The van der Waals surface area contributed by atoms with E-state index in [-0.39, 0.29) is 42.8 Å². The van der Waals surface area contributed by atoms with Gasteiger partial charge in [-0.15, -0.1) is 0 Å². The van der Waals surface area contributed by atoms with Gasteiger partial charge < -0.3 is 23.9 Å². The molecule has 2 aliphatic carbocycles. The third-order valence-electron chi connectivity index (χ3n) is 7.15. The lowest BCUT2D eigenvalue weighted by atomic mass is 9.90. The van der Waals surface area contributed by atoms with Gasteiger partial charge in [-0.3, -0.25) is 4.79 Å². The fraction of sp³-hybridized carbons (Fsp3) is 0.583. The lowest BCUT2D eigenvalue weighted by Crippen LogP contribution is -2.52. The molecule has 0 bridgehead atoms. The molecule has 7 heteroatoms. The van der Waals surface area contributed by atoms with Gasteiger partial charge in [-0.2, -0.15) is 0 Å². The van der Waals surface area contributed by atoms with Crippen LogP contribution in [0.4, 0.5) is 0 Å². The molecule has 1 N–H and O–H groups in total. The number of ether oxygens (including phenoxy) is 2. The van der Waals surface area contributed by atoms with E-state index in [0.29, 0.717) is 24.5 Å². The van der Waals surface area contributed by atoms with E-state index < -0.39 is 0 Å². The first-order valence-electron chi connectivity index (χ1n) is 11.3. The smallest absolute Gasteiger partial charge is 0.339 e. The van der Waals surface area contributed by atoms with Gasteiger partial charge in [0, 0.05) is 29.7 Å². The summed E-state index contributed by atoms with van der Waals surface area (Å²) in [7, 11) is 0. The van der Waals surface area contributed by atoms with Crippen LogP contribution in [0.15, 0.2) is 21.3 Å². The highest BCUT2D eigenvalue weighted by molar-refractivity contribution is 5.86. The van der Waals surface area contributed by atoms with Crippen molar-refractivity contribution in [2.45, 2.75) is 57.6 Å². The van der Waals surface area contributed by atoms with Crippen molar-refractivity contribution in [2.24, 2.45) is 5.92 Å². The fourth-order valence-electron chi connectivity index (χ4n) is 5.51. The molecule has 3 atom stereocenters. The third kappa shape index (κ3) is 3.64. The molecule has 166 valence electrons. The molecular weight excluding hydrogens is 398 g/mol. The molecular formula is C24H29NO6. The minimum Gasteiger partial charge on any atom is -0.483 e. The monoisotopic (exact) mass is 427 g/mol. The Hall–Kier alpha value is -2.38. The number of aryl methyl sites for hydroxylation is 2. The van der Waals surface area contributed by atoms with E-state index in [1.165, 1.54) is 0 Å². The van der Waals surface area contributed by atoms with Gasteiger partial charge in [0.05, 0.1) is 18.8 Å². The summed E-state index contributed by atoms with van der Waals surface area (Å²) in [5, 5.41) is 10.5. The molecule has 0 radical (unpaired) electrons. The zero-order valence-corrected chi connectivity index (χ0v) is 17.9. The highest BCUT2D eigenvalue weighted by atomic mass is 16.5. The molecule has 31 heavy (non-hydrogen) atoms. The maximum Gasteiger partial charge on any atom is 0.339 e. The number of aliphatic hydroxyl groups excluding tert-OH is 1. The summed E-state index contributed by atoms with van der Waals surface area (Å²) in [5.74, 6) is 0.661. The van der Waals surface area contributed by atoms with Gasteiger partial charge in [0.1, 0.15) is 11.3 Å². The topological polar surface area (TPSA) is 89.2 Å². The average Bonchev–Trinajstić information content (AvgIpc) is 3.23. The second kappa shape index (κ2) is 8.28. The molecule has 2 heterocycles. The van der Waals surface area contributed by atoms with Gasteiger partial charge in [-0.05, 0) is 69.1 Å². The Bertz CT molecular complexity index is 1060. The predicted octanol–water partition coefficient (Wildman–Crippen LogP) is 2.36. The second-order valence-corrected chi connectivity index (χ2v) is 8.99. The number of fused-ring (bicyclic) bond motifs is 4. The summed E-state index contributed by atoms with van der Waals surface area (Å²) in [4.78, 5) is 27.3. The van der Waals surface area contributed by atoms with Gasteiger partial charge in [-0.1, -0.05) is 0 Å². The Labute approximate surface area is 180 Å². The van der Waals surface area contributed by atoms with Crippen molar-refractivity contribution in [3.8, 4) is 5.75 Å². The number of carbonyl (C=O) groups is 1. The van der Waals surface area contributed by atoms with Crippen LogP contribution in [0, 0.1) is 12.8 Å². The minimum absolute atomic E-state index is 0.00212. The van der Waals surface area contributed by atoms with Gasteiger partial charge in [-0.25, -0.2) is 4.79 Å². The number of benzene rings is 1. The molecule has 2 aromatic rings. The first-order valence-corrected chi connectivity index (χ1v) is 11.3. The van der Waals surface area contributed by atoms with E-state index in [1.54, 1.807) is 0 Å². The summed E-state index contributed by atoms with van der Waals surface area (Å²) in [5.41, 5.74) is 2.96. The van der Waals surface area contributed by atoms with Crippen molar-refractivity contribution in [3.63, 3.8) is 0 Å². The molecule has 5 rings (SSSR count). The minimum atomic E-state index is -0.252. The van der Waals surface area contributed by atoms with Crippen LogP contribution in [-0.2, 0) is 22.4 Å². The van der Waals surface area contributed by atoms with Crippen molar-refractivity contribution < 1.29 is 23.8 Å². The van der Waals surface area contributed by atoms with E-state index in [2.05, 4.69) is 0 Å². The Balaban J connectivity index is 1.34. The maximum atomic E-state index is 12.9. The molecule has 7 nitrogen and oxygen atoms in total. The number of hydrogen-bond acceptors (Lipinski definition) is 6. The van der Waals surface area contributed by atoms with Crippen molar-refractivity contribution in [1.82, 2.24) is 4.90 Å². The SMILES string of the molecule is Cc1c(OCC(=O)N2CCO[C@H]3C[C@H](CO)C[C@@H]32)ccc2c3c(c(=O)oc12)CCCC3. The fourth-order valence-corrected chi connectivity index (χ4v) is 5.51. The molecule has 0 unspecified atom stereocenters. The van der Waals surface area contributed by atoms with Gasteiger partial charge in [0.15, 0.2) is 6.61 Å². The van der Waals surface area contributed by atoms with Crippen LogP contribution in [-0.4, -0.2) is 54.4 Å². The van der Waals surface area contributed by atoms with Crippen LogP contribution < -0.4 is 10.4 Å².